The first-order chi connectivity index (χ1) is 11.4. The van der Waals surface area contributed by atoms with E-state index in [9.17, 15) is 14.0 Å². The molecule has 0 bridgehead atoms. The van der Waals surface area contributed by atoms with Gasteiger partial charge in [0.05, 0.1) is 11.6 Å². The summed E-state index contributed by atoms with van der Waals surface area (Å²) in [7, 11) is 0. The van der Waals surface area contributed by atoms with E-state index in [4.69, 9.17) is 21.4 Å². The number of nitrogens with zero attached hydrogens (tertiary/aromatic N) is 1. The lowest BCUT2D eigenvalue weighted by Crippen LogP contribution is -2.15. The number of hydrazone groups is 1. The zero-order valence-corrected chi connectivity index (χ0v) is 13.7. The van der Waals surface area contributed by atoms with Crippen molar-refractivity contribution in [2.75, 3.05) is 13.2 Å². The Labute approximate surface area is 142 Å². The molecule has 1 saturated heterocycles. The van der Waals surface area contributed by atoms with Crippen molar-refractivity contribution in [3.63, 3.8) is 0 Å². The summed E-state index contributed by atoms with van der Waals surface area (Å²) in [6, 6.07) is 1.42. The summed E-state index contributed by atoms with van der Waals surface area (Å²) in [5, 5.41) is 14.6. The van der Waals surface area contributed by atoms with E-state index >= 15 is 0 Å². The van der Waals surface area contributed by atoms with Crippen LogP contribution in [0.25, 0.3) is 0 Å². The van der Waals surface area contributed by atoms with Crippen LogP contribution in [0.5, 0.6) is 5.75 Å². The number of carbonyl (C=O) groups excluding carboxylic acids is 1. The van der Waals surface area contributed by atoms with Crippen molar-refractivity contribution < 1.29 is 23.8 Å². The maximum atomic E-state index is 14.6. The summed E-state index contributed by atoms with van der Waals surface area (Å²) >= 11 is 5.98. The number of carbonyl (C=O) groups is 2. The second-order valence-electron chi connectivity index (χ2n) is 5.15. The molecule has 0 aromatic heterocycles. The standard InChI is InChI=1S/C15H17ClFN3O4/c1-2-24-14-8(3-4-19-20-15(22)23)5-10(16)13(17)12(14)9-6-11(21)18-7-9/h4-5,9,20H,2-3,6-7H2,1H3,(H,18,21)(H,22,23). The molecule has 1 aromatic rings. The van der Waals surface area contributed by atoms with Gasteiger partial charge in [0.15, 0.2) is 0 Å². The van der Waals surface area contributed by atoms with Gasteiger partial charge in [-0.15, -0.1) is 0 Å². The molecule has 3 N–H and O–H groups in total. The maximum Gasteiger partial charge on any atom is 0.425 e. The van der Waals surface area contributed by atoms with Crippen molar-refractivity contribution in [3.05, 3.63) is 28.0 Å². The molecule has 0 saturated carbocycles. The molecule has 2 rings (SSSR count). The van der Waals surface area contributed by atoms with Crippen molar-refractivity contribution in [1.82, 2.24) is 10.7 Å². The van der Waals surface area contributed by atoms with Crippen LogP contribution in [0.15, 0.2) is 11.2 Å². The molecule has 130 valence electrons. The fourth-order valence-electron chi connectivity index (χ4n) is 2.57. The molecule has 2 amide bonds. The largest absolute Gasteiger partial charge is 0.493 e. The van der Waals surface area contributed by atoms with Crippen LogP contribution in [0.2, 0.25) is 5.02 Å². The third-order valence-corrected chi connectivity index (χ3v) is 3.80. The molecular formula is C15H17ClFN3O4. The number of rotatable bonds is 6. The van der Waals surface area contributed by atoms with E-state index in [2.05, 4.69) is 10.4 Å². The van der Waals surface area contributed by atoms with Crippen molar-refractivity contribution in [1.29, 1.82) is 0 Å². The number of ether oxygens (including phenoxy) is 1. The number of amides is 2. The third-order valence-electron chi connectivity index (χ3n) is 3.52. The van der Waals surface area contributed by atoms with Crippen LogP contribution < -0.4 is 15.5 Å². The van der Waals surface area contributed by atoms with Gasteiger partial charge in [0.2, 0.25) is 5.91 Å². The van der Waals surface area contributed by atoms with E-state index in [1.165, 1.54) is 12.3 Å². The summed E-state index contributed by atoms with van der Waals surface area (Å²) in [5.41, 5.74) is 2.68. The first-order valence-corrected chi connectivity index (χ1v) is 7.72. The Bertz CT molecular complexity index is 681. The highest BCUT2D eigenvalue weighted by atomic mass is 35.5. The van der Waals surface area contributed by atoms with E-state index < -0.39 is 11.9 Å². The van der Waals surface area contributed by atoms with Crippen LogP contribution in [0.4, 0.5) is 9.18 Å². The molecule has 24 heavy (non-hydrogen) atoms. The molecule has 7 nitrogen and oxygen atoms in total. The van der Waals surface area contributed by atoms with Gasteiger partial charge < -0.3 is 15.2 Å². The molecule has 0 aliphatic carbocycles. The lowest BCUT2D eigenvalue weighted by molar-refractivity contribution is -0.119. The molecule has 1 aliphatic rings. The number of carboxylic acid groups (broad SMARTS) is 1. The Hall–Kier alpha value is -2.35. The summed E-state index contributed by atoms with van der Waals surface area (Å²) < 4.78 is 20.2. The Balaban J connectivity index is 2.39. The third kappa shape index (κ3) is 4.14. The van der Waals surface area contributed by atoms with E-state index in [0.717, 1.165) is 0 Å². The Morgan fingerprint density at radius 2 is 2.42 bits per heavy atom. The number of hydrogen-bond donors (Lipinski definition) is 3. The number of benzene rings is 1. The molecule has 9 heteroatoms. The first-order valence-electron chi connectivity index (χ1n) is 7.34. The highest BCUT2D eigenvalue weighted by molar-refractivity contribution is 6.31. The second kappa shape index (κ2) is 7.96. The Morgan fingerprint density at radius 1 is 1.67 bits per heavy atom. The number of hydrogen-bond acceptors (Lipinski definition) is 4. The van der Waals surface area contributed by atoms with Gasteiger partial charge in [0, 0.05) is 42.6 Å². The van der Waals surface area contributed by atoms with Crippen LogP contribution in [0, 0.1) is 5.82 Å². The van der Waals surface area contributed by atoms with Gasteiger partial charge >= 0.3 is 6.09 Å². The fourth-order valence-corrected chi connectivity index (χ4v) is 2.80. The topological polar surface area (TPSA) is 100 Å². The van der Waals surface area contributed by atoms with Gasteiger partial charge in [-0.05, 0) is 13.0 Å². The summed E-state index contributed by atoms with van der Waals surface area (Å²) in [6.45, 7) is 2.38. The maximum absolute atomic E-state index is 14.6. The van der Waals surface area contributed by atoms with Gasteiger partial charge in [0.25, 0.3) is 0 Å². The lowest BCUT2D eigenvalue weighted by atomic mass is 9.93. The second-order valence-corrected chi connectivity index (χ2v) is 5.55. The van der Waals surface area contributed by atoms with Crippen LogP contribution >= 0.6 is 11.6 Å². The summed E-state index contributed by atoms with van der Waals surface area (Å²) in [4.78, 5) is 21.8. The van der Waals surface area contributed by atoms with E-state index in [1.807, 2.05) is 5.43 Å². The molecular weight excluding hydrogens is 341 g/mol. The molecule has 1 aromatic carbocycles. The average molecular weight is 358 g/mol. The molecule has 1 atom stereocenters. The minimum Gasteiger partial charge on any atom is -0.493 e. The minimum absolute atomic E-state index is 0.0811. The molecule has 1 fully saturated rings. The Morgan fingerprint density at radius 3 is 3.00 bits per heavy atom. The SMILES string of the molecule is CCOc1c(CC=NNC(=O)O)cc(Cl)c(F)c1C1CNC(=O)C1. The van der Waals surface area contributed by atoms with Crippen LogP contribution in [0.3, 0.4) is 0 Å². The van der Waals surface area contributed by atoms with Crippen LogP contribution in [0.1, 0.15) is 30.4 Å². The number of nitrogens with one attached hydrogen (secondary N) is 2. The summed E-state index contributed by atoms with van der Waals surface area (Å²) in [5.74, 6) is -0.810. The van der Waals surface area contributed by atoms with Crippen molar-refractivity contribution in [2.45, 2.75) is 25.7 Å². The van der Waals surface area contributed by atoms with E-state index in [1.54, 1.807) is 6.92 Å². The first kappa shape index (κ1) is 18.0. The van der Waals surface area contributed by atoms with Gasteiger partial charge in [-0.1, -0.05) is 11.6 Å². The molecule has 1 heterocycles. The van der Waals surface area contributed by atoms with Crippen molar-refractivity contribution in [2.24, 2.45) is 5.10 Å². The molecule has 0 radical (unpaired) electrons. The quantitative estimate of drug-likeness (QED) is 0.537. The minimum atomic E-state index is -1.29. The predicted octanol–water partition coefficient (Wildman–Crippen LogP) is 2.28. The number of halogens is 2. The van der Waals surface area contributed by atoms with Crippen LogP contribution in [-0.2, 0) is 11.2 Å². The highest BCUT2D eigenvalue weighted by Gasteiger charge is 2.31. The molecule has 0 spiro atoms. The van der Waals surface area contributed by atoms with E-state index in [0.29, 0.717) is 24.5 Å². The smallest absolute Gasteiger partial charge is 0.425 e. The van der Waals surface area contributed by atoms with Crippen molar-refractivity contribution in [3.8, 4) is 5.75 Å². The predicted molar refractivity (Wildman–Crippen MR) is 86.3 cm³/mol. The van der Waals surface area contributed by atoms with Gasteiger partial charge in [-0.2, -0.15) is 5.10 Å². The average Bonchev–Trinajstić information content (AvgIpc) is 2.94. The normalized spacial score (nSPS) is 17.1. The lowest BCUT2D eigenvalue weighted by Gasteiger charge is -2.19. The Kier molecular flexibility index (Phi) is 5.97. The fraction of sp³-hybridized carbons (Fsp3) is 0.400. The molecule has 1 aliphatic heterocycles. The van der Waals surface area contributed by atoms with Gasteiger partial charge in [-0.3, -0.25) is 4.79 Å². The summed E-state index contributed by atoms with van der Waals surface area (Å²) in [6.07, 6.45) is 0.383. The van der Waals surface area contributed by atoms with Gasteiger partial charge in [-0.25, -0.2) is 14.6 Å². The van der Waals surface area contributed by atoms with Gasteiger partial charge in [0.1, 0.15) is 11.6 Å². The van der Waals surface area contributed by atoms with E-state index in [-0.39, 0.29) is 35.3 Å². The monoisotopic (exact) mass is 357 g/mol. The highest BCUT2D eigenvalue weighted by Crippen LogP contribution is 2.39. The molecule has 1 unspecified atom stereocenters. The zero-order chi connectivity index (χ0) is 17.7. The zero-order valence-electron chi connectivity index (χ0n) is 12.9. The van der Waals surface area contributed by atoms with Crippen molar-refractivity contribution >= 4 is 29.8 Å². The van der Waals surface area contributed by atoms with Crippen LogP contribution in [-0.4, -0.2) is 36.5 Å².